The van der Waals surface area contributed by atoms with E-state index in [2.05, 4.69) is 9.36 Å². The summed E-state index contributed by atoms with van der Waals surface area (Å²) in [7, 11) is -3.40. The van der Waals surface area contributed by atoms with Crippen LogP contribution in [0, 0.1) is 11.8 Å². The van der Waals surface area contributed by atoms with Gasteiger partial charge in [0.05, 0.1) is 5.92 Å². The van der Waals surface area contributed by atoms with Crippen molar-refractivity contribution < 1.29 is 18.5 Å². The van der Waals surface area contributed by atoms with Crippen molar-refractivity contribution in [3.8, 4) is 0 Å². The minimum absolute atomic E-state index is 0.127. The fourth-order valence-electron chi connectivity index (χ4n) is 2.52. The highest BCUT2D eigenvalue weighted by molar-refractivity contribution is 7.93. The Morgan fingerprint density at radius 1 is 1.28 bits per heavy atom. The van der Waals surface area contributed by atoms with Crippen LogP contribution in [0.15, 0.2) is 43.9 Å². The summed E-state index contributed by atoms with van der Waals surface area (Å²) >= 11 is 1.24. The highest BCUT2D eigenvalue weighted by atomic mass is 32.2. The van der Waals surface area contributed by atoms with Crippen LogP contribution in [0.4, 0.5) is 4.79 Å². The lowest BCUT2D eigenvalue weighted by Crippen LogP contribution is -2.24. The molecule has 0 saturated carbocycles. The van der Waals surface area contributed by atoms with Gasteiger partial charge in [-0.3, -0.25) is 4.79 Å². The number of carbonyl (C=O) groups excluding carboxylic acids is 2. The maximum Gasteiger partial charge on any atom is 0.433 e. The second kappa shape index (κ2) is 9.15. The Labute approximate surface area is 175 Å². The highest BCUT2D eigenvalue weighted by Crippen LogP contribution is 2.29. The summed E-state index contributed by atoms with van der Waals surface area (Å²) in [5.74, 6) is -1.36. The normalized spacial score (nSPS) is 15.4. The van der Waals surface area contributed by atoms with Gasteiger partial charge in [0.1, 0.15) is 9.81 Å². The Hall–Kier alpha value is -2.10. The monoisotopic (exact) mass is 437 g/mol. The second-order valence-electron chi connectivity index (χ2n) is 8.10. The first-order valence-electron chi connectivity index (χ1n) is 9.22. The van der Waals surface area contributed by atoms with E-state index in [4.69, 9.17) is 9.88 Å². The average molecular weight is 438 g/mol. The maximum atomic E-state index is 12.9. The summed E-state index contributed by atoms with van der Waals surface area (Å²) in [6, 6.07) is 9.18. The van der Waals surface area contributed by atoms with E-state index >= 15 is 0 Å². The third kappa shape index (κ3) is 7.02. The van der Waals surface area contributed by atoms with Crippen LogP contribution in [0.1, 0.15) is 41.0 Å². The Morgan fingerprint density at radius 3 is 2.52 bits per heavy atom. The number of carbonyl (C=O) groups is 2. The van der Waals surface area contributed by atoms with Crippen LogP contribution in [-0.4, -0.2) is 28.0 Å². The molecule has 2 N–H and O–H groups in total. The number of benzene rings is 1. The number of hydrogen-bond acceptors (Lipinski definition) is 5. The topological polar surface area (TPSA) is 111 Å². The third-order valence-electron chi connectivity index (χ3n) is 3.71. The number of rotatable bonds is 5. The van der Waals surface area contributed by atoms with Crippen molar-refractivity contribution in [2.45, 2.75) is 50.8 Å². The van der Waals surface area contributed by atoms with Gasteiger partial charge in [-0.15, -0.1) is 15.7 Å². The smallest absolute Gasteiger partial charge is 0.433 e. The molecule has 0 aliphatic heterocycles. The van der Waals surface area contributed by atoms with Gasteiger partial charge in [-0.05, 0) is 50.6 Å². The zero-order valence-corrected chi connectivity index (χ0v) is 18.9. The Bertz CT molecular complexity index is 1010. The zero-order valence-electron chi connectivity index (χ0n) is 17.2. The molecule has 1 aromatic carbocycles. The number of amides is 2. The standard InChI is InChI=1S/C20H27N3O4S2/c1-13(2)10-15(12-22-19(25)27-20(3,4)5)18(24)23-29(21,26)17-11-14-8-6-7-9-16(14)28-17/h6-9,11-13,15H,10H2,1-5H3,(H2,21,23,24,26). The number of fused-ring (bicyclic) bond motifs is 1. The predicted octanol–water partition coefficient (Wildman–Crippen LogP) is 4.80. The first-order chi connectivity index (χ1) is 13.4. The molecule has 1 aromatic heterocycles. The summed E-state index contributed by atoms with van der Waals surface area (Å²) < 4.78 is 23.1. The molecule has 2 aromatic rings. The molecule has 9 heteroatoms. The van der Waals surface area contributed by atoms with Crippen molar-refractivity contribution in [1.29, 1.82) is 0 Å². The van der Waals surface area contributed by atoms with E-state index in [9.17, 15) is 13.8 Å². The summed E-state index contributed by atoms with van der Waals surface area (Å²) in [5.41, 5.74) is -0.691. The van der Waals surface area contributed by atoms with Crippen molar-refractivity contribution in [3.63, 3.8) is 0 Å². The van der Waals surface area contributed by atoms with Crippen LogP contribution in [0.2, 0.25) is 0 Å². The number of thiophene rings is 1. The number of nitrogens with two attached hydrogens (primary N) is 1. The number of ether oxygens (including phenoxy) is 1. The molecule has 2 amide bonds. The average Bonchev–Trinajstić information content (AvgIpc) is 3.01. The predicted molar refractivity (Wildman–Crippen MR) is 118 cm³/mol. The van der Waals surface area contributed by atoms with E-state index in [1.54, 1.807) is 26.8 Å². The van der Waals surface area contributed by atoms with Crippen molar-refractivity contribution >= 4 is 49.6 Å². The second-order valence-corrected chi connectivity index (χ2v) is 11.2. The van der Waals surface area contributed by atoms with Crippen molar-refractivity contribution in [2.75, 3.05) is 0 Å². The Kier molecular flexibility index (Phi) is 7.31. The third-order valence-corrected chi connectivity index (χ3v) is 6.74. The molecule has 1 heterocycles. The minimum atomic E-state index is -3.40. The number of nitrogens with zero attached hydrogens (tertiary/aromatic N) is 2. The molecule has 0 spiro atoms. The first kappa shape index (κ1) is 23.2. The Balaban J connectivity index is 2.29. The quantitative estimate of drug-likeness (QED) is 0.677. The van der Waals surface area contributed by atoms with Crippen LogP contribution in [-0.2, 0) is 19.4 Å². The van der Waals surface area contributed by atoms with E-state index in [-0.39, 0.29) is 5.92 Å². The SMILES string of the molecule is CC(C)CC(C=NC(=O)OC(C)(C)C)C(=O)N=S(N)(=O)c1cc2ccccc2s1. The minimum Gasteiger partial charge on any atom is -0.442 e. The molecule has 7 nitrogen and oxygen atoms in total. The molecular weight excluding hydrogens is 410 g/mol. The molecule has 29 heavy (non-hydrogen) atoms. The zero-order chi connectivity index (χ0) is 21.8. The fourth-order valence-corrected chi connectivity index (χ4v) is 4.96. The van der Waals surface area contributed by atoms with Crippen LogP contribution < -0.4 is 5.14 Å². The lowest BCUT2D eigenvalue weighted by atomic mass is 9.98. The van der Waals surface area contributed by atoms with Gasteiger partial charge >= 0.3 is 6.09 Å². The molecule has 0 saturated heterocycles. The molecule has 0 aliphatic carbocycles. The summed E-state index contributed by atoms with van der Waals surface area (Å²) in [5, 5.41) is 6.81. The van der Waals surface area contributed by atoms with Crippen molar-refractivity contribution in [1.82, 2.24) is 0 Å². The van der Waals surface area contributed by atoms with E-state index in [0.29, 0.717) is 10.6 Å². The molecule has 2 rings (SSSR count). The van der Waals surface area contributed by atoms with Gasteiger partial charge in [0.25, 0.3) is 5.91 Å². The molecule has 0 aliphatic rings. The molecule has 2 unspecified atom stereocenters. The number of aliphatic imine (C=N–C) groups is 1. The molecule has 158 valence electrons. The van der Waals surface area contributed by atoms with Crippen molar-refractivity contribution in [2.24, 2.45) is 26.3 Å². The van der Waals surface area contributed by atoms with Crippen LogP contribution >= 0.6 is 11.3 Å². The van der Waals surface area contributed by atoms with Gasteiger partial charge in [0, 0.05) is 10.9 Å². The molecule has 0 bridgehead atoms. The van der Waals surface area contributed by atoms with Crippen molar-refractivity contribution in [3.05, 3.63) is 30.3 Å². The maximum absolute atomic E-state index is 12.9. The lowest BCUT2D eigenvalue weighted by Gasteiger charge is -2.17. The highest BCUT2D eigenvalue weighted by Gasteiger charge is 2.22. The largest absolute Gasteiger partial charge is 0.442 e. The molecule has 2 atom stereocenters. The van der Waals surface area contributed by atoms with Crippen LogP contribution in [0.5, 0.6) is 0 Å². The van der Waals surface area contributed by atoms with Gasteiger partial charge in [-0.1, -0.05) is 32.0 Å². The number of hydrogen-bond donors (Lipinski definition) is 1. The van der Waals surface area contributed by atoms with Gasteiger partial charge in [-0.2, -0.15) is 4.99 Å². The van der Waals surface area contributed by atoms with E-state index in [1.165, 1.54) is 17.6 Å². The van der Waals surface area contributed by atoms with Gasteiger partial charge < -0.3 is 4.74 Å². The van der Waals surface area contributed by atoms with Crippen LogP contribution in [0.25, 0.3) is 10.1 Å². The molecule has 0 radical (unpaired) electrons. The van der Waals surface area contributed by atoms with Gasteiger partial charge in [0.2, 0.25) is 0 Å². The Morgan fingerprint density at radius 2 is 1.93 bits per heavy atom. The summed E-state index contributed by atoms with van der Waals surface area (Å²) in [6.45, 7) is 9.02. The lowest BCUT2D eigenvalue weighted by molar-refractivity contribution is -0.119. The first-order valence-corrected chi connectivity index (χ1v) is 11.6. The van der Waals surface area contributed by atoms with E-state index in [1.807, 2.05) is 38.1 Å². The van der Waals surface area contributed by atoms with E-state index < -0.39 is 33.4 Å². The molecule has 0 fully saturated rings. The van der Waals surface area contributed by atoms with Gasteiger partial charge in [0.15, 0.2) is 9.92 Å². The fraction of sp³-hybridized carbons (Fsp3) is 0.450. The summed E-state index contributed by atoms with van der Waals surface area (Å²) in [6.07, 6.45) is 0.800. The van der Waals surface area contributed by atoms with Gasteiger partial charge in [-0.25, -0.2) is 14.1 Å². The van der Waals surface area contributed by atoms with Crippen LogP contribution in [0.3, 0.4) is 0 Å². The molecular formula is C20H27N3O4S2. The van der Waals surface area contributed by atoms with E-state index in [0.717, 1.165) is 10.1 Å². The summed E-state index contributed by atoms with van der Waals surface area (Å²) in [4.78, 5) is 28.3.